The van der Waals surface area contributed by atoms with Crippen LogP contribution in [0.4, 0.5) is 0 Å². The Bertz CT molecular complexity index is 826. The highest BCUT2D eigenvalue weighted by atomic mass is 79.9. The van der Waals surface area contributed by atoms with Gasteiger partial charge in [0.2, 0.25) is 0 Å². The first-order valence-electron chi connectivity index (χ1n) is 6.27. The van der Waals surface area contributed by atoms with Crippen molar-refractivity contribution >= 4 is 43.1 Å². The van der Waals surface area contributed by atoms with Crippen LogP contribution in [-0.4, -0.2) is 5.78 Å². The quantitative estimate of drug-likeness (QED) is 0.579. The lowest BCUT2D eigenvalue weighted by Gasteiger charge is -2.00. The molecule has 4 heteroatoms. The molecule has 0 N–H and O–H groups in total. The van der Waals surface area contributed by atoms with Gasteiger partial charge in [0.15, 0.2) is 5.78 Å². The number of benzene rings is 1. The number of aryl methyl sites for hydroxylation is 2. The van der Waals surface area contributed by atoms with Crippen LogP contribution in [0.15, 0.2) is 32.5 Å². The molecule has 0 fully saturated rings. The Kier molecular flexibility index (Phi) is 3.30. The maximum atomic E-state index is 12.8. The number of halogens is 1. The average molecular weight is 349 g/mol. The van der Waals surface area contributed by atoms with Gasteiger partial charge < -0.3 is 4.42 Å². The SMILES string of the molecule is Cc1oc(C)c(C(=O)c2csc3c(Br)cccc23)c1C. The zero-order valence-electron chi connectivity index (χ0n) is 11.4. The molecule has 0 radical (unpaired) electrons. The van der Waals surface area contributed by atoms with Gasteiger partial charge in [0, 0.05) is 31.1 Å². The average Bonchev–Trinajstić information content (AvgIpc) is 2.93. The molecule has 0 unspecified atom stereocenters. The minimum Gasteiger partial charge on any atom is -0.466 e. The van der Waals surface area contributed by atoms with Crippen LogP contribution in [-0.2, 0) is 0 Å². The second-order valence-corrected chi connectivity index (χ2v) is 6.54. The maximum Gasteiger partial charge on any atom is 0.198 e. The van der Waals surface area contributed by atoms with E-state index in [9.17, 15) is 4.79 Å². The van der Waals surface area contributed by atoms with Crippen LogP contribution in [0.3, 0.4) is 0 Å². The molecule has 20 heavy (non-hydrogen) atoms. The normalized spacial score (nSPS) is 11.2. The van der Waals surface area contributed by atoms with Crippen molar-refractivity contribution in [3.05, 3.63) is 56.3 Å². The lowest BCUT2D eigenvalue weighted by atomic mass is 9.99. The zero-order valence-corrected chi connectivity index (χ0v) is 13.8. The van der Waals surface area contributed by atoms with Gasteiger partial charge in [-0.3, -0.25) is 4.79 Å². The third kappa shape index (κ3) is 1.95. The molecular formula is C16H13BrO2S. The molecule has 2 aromatic heterocycles. The van der Waals surface area contributed by atoms with Gasteiger partial charge in [0.25, 0.3) is 0 Å². The van der Waals surface area contributed by atoms with Crippen molar-refractivity contribution in [1.82, 2.24) is 0 Å². The van der Waals surface area contributed by atoms with E-state index in [1.807, 2.05) is 44.4 Å². The number of hydrogen-bond acceptors (Lipinski definition) is 3. The van der Waals surface area contributed by atoms with Crippen molar-refractivity contribution < 1.29 is 9.21 Å². The molecule has 0 bridgehead atoms. The molecule has 0 aliphatic carbocycles. The van der Waals surface area contributed by atoms with Crippen LogP contribution in [0.5, 0.6) is 0 Å². The third-order valence-electron chi connectivity index (χ3n) is 3.58. The summed E-state index contributed by atoms with van der Waals surface area (Å²) in [6.07, 6.45) is 0. The number of furan rings is 1. The van der Waals surface area contributed by atoms with Crippen molar-refractivity contribution in [2.75, 3.05) is 0 Å². The van der Waals surface area contributed by atoms with Crippen LogP contribution in [0.25, 0.3) is 10.1 Å². The number of carbonyl (C=O) groups excluding carboxylic acids is 1. The second kappa shape index (κ2) is 4.86. The Morgan fingerprint density at radius 1 is 1.20 bits per heavy atom. The summed E-state index contributed by atoms with van der Waals surface area (Å²) in [7, 11) is 0. The summed E-state index contributed by atoms with van der Waals surface area (Å²) in [4.78, 5) is 12.8. The fourth-order valence-electron chi connectivity index (χ4n) is 2.46. The van der Waals surface area contributed by atoms with Crippen molar-refractivity contribution in [2.45, 2.75) is 20.8 Å². The molecule has 0 atom stereocenters. The summed E-state index contributed by atoms with van der Waals surface area (Å²) in [5, 5.41) is 2.92. The van der Waals surface area contributed by atoms with Crippen molar-refractivity contribution in [2.24, 2.45) is 0 Å². The lowest BCUT2D eigenvalue weighted by Crippen LogP contribution is -2.02. The summed E-state index contributed by atoms with van der Waals surface area (Å²) < 4.78 is 7.70. The molecule has 3 aromatic rings. The van der Waals surface area contributed by atoms with Crippen molar-refractivity contribution in [3.63, 3.8) is 0 Å². The molecule has 102 valence electrons. The van der Waals surface area contributed by atoms with E-state index in [0.29, 0.717) is 11.3 Å². The highest BCUT2D eigenvalue weighted by Crippen LogP contribution is 2.34. The first-order chi connectivity index (χ1) is 9.50. The number of hydrogen-bond donors (Lipinski definition) is 0. The smallest absolute Gasteiger partial charge is 0.198 e. The fraction of sp³-hybridized carbons (Fsp3) is 0.188. The van der Waals surface area contributed by atoms with Crippen molar-refractivity contribution in [1.29, 1.82) is 0 Å². The number of rotatable bonds is 2. The minimum absolute atomic E-state index is 0.0428. The van der Waals surface area contributed by atoms with E-state index >= 15 is 0 Å². The molecule has 2 heterocycles. The van der Waals surface area contributed by atoms with Gasteiger partial charge in [-0.25, -0.2) is 0 Å². The molecule has 0 aliphatic rings. The maximum absolute atomic E-state index is 12.8. The van der Waals surface area contributed by atoms with Gasteiger partial charge in [0.1, 0.15) is 11.5 Å². The predicted octanol–water partition coefficient (Wildman–Crippen LogP) is 5.41. The van der Waals surface area contributed by atoms with E-state index in [-0.39, 0.29) is 5.78 Å². The minimum atomic E-state index is 0.0428. The Labute approximate surface area is 129 Å². The molecule has 0 aliphatic heterocycles. The zero-order chi connectivity index (χ0) is 14.4. The highest BCUT2D eigenvalue weighted by Gasteiger charge is 2.22. The van der Waals surface area contributed by atoms with E-state index in [0.717, 1.165) is 31.4 Å². The highest BCUT2D eigenvalue weighted by molar-refractivity contribution is 9.10. The van der Waals surface area contributed by atoms with Crippen LogP contribution >= 0.6 is 27.3 Å². The standard InChI is InChI=1S/C16H13BrO2S/c1-8-9(2)19-10(3)14(8)15(18)12-7-20-16-11(12)5-4-6-13(16)17/h4-7H,1-3H3. The van der Waals surface area contributed by atoms with Gasteiger partial charge in [-0.05, 0) is 42.8 Å². The molecule has 0 spiro atoms. The summed E-state index contributed by atoms with van der Waals surface area (Å²) >= 11 is 5.11. The monoisotopic (exact) mass is 348 g/mol. The summed E-state index contributed by atoms with van der Waals surface area (Å²) in [6.45, 7) is 5.67. The summed E-state index contributed by atoms with van der Waals surface area (Å²) in [5.41, 5.74) is 2.38. The van der Waals surface area contributed by atoms with Gasteiger partial charge >= 0.3 is 0 Å². The topological polar surface area (TPSA) is 30.2 Å². The number of thiophene rings is 1. The summed E-state index contributed by atoms with van der Waals surface area (Å²) in [6, 6.07) is 5.93. The first-order valence-corrected chi connectivity index (χ1v) is 7.95. The third-order valence-corrected chi connectivity index (χ3v) is 5.54. The van der Waals surface area contributed by atoms with Gasteiger partial charge in [-0.2, -0.15) is 0 Å². The van der Waals surface area contributed by atoms with Crippen LogP contribution in [0.2, 0.25) is 0 Å². The fourth-order valence-corrected chi connectivity index (χ4v) is 4.06. The first kappa shape index (κ1) is 13.6. The molecule has 3 rings (SSSR count). The lowest BCUT2D eigenvalue weighted by molar-refractivity contribution is 0.103. The Morgan fingerprint density at radius 3 is 2.60 bits per heavy atom. The predicted molar refractivity (Wildman–Crippen MR) is 85.9 cm³/mol. The van der Waals surface area contributed by atoms with Crippen LogP contribution in [0, 0.1) is 20.8 Å². The van der Waals surface area contributed by atoms with E-state index in [1.54, 1.807) is 11.3 Å². The number of fused-ring (bicyclic) bond motifs is 1. The van der Waals surface area contributed by atoms with Crippen LogP contribution < -0.4 is 0 Å². The Balaban J connectivity index is 2.21. The number of carbonyl (C=O) groups is 1. The second-order valence-electron chi connectivity index (χ2n) is 4.81. The molecule has 2 nitrogen and oxygen atoms in total. The largest absolute Gasteiger partial charge is 0.466 e. The Hall–Kier alpha value is -1.39. The van der Waals surface area contributed by atoms with Crippen LogP contribution in [0.1, 0.15) is 33.0 Å². The van der Waals surface area contributed by atoms with Gasteiger partial charge in [-0.1, -0.05) is 12.1 Å². The van der Waals surface area contributed by atoms with Gasteiger partial charge in [-0.15, -0.1) is 11.3 Å². The van der Waals surface area contributed by atoms with E-state index in [1.165, 1.54) is 0 Å². The van der Waals surface area contributed by atoms with E-state index in [2.05, 4.69) is 15.9 Å². The molecule has 1 aromatic carbocycles. The molecular weight excluding hydrogens is 336 g/mol. The molecule has 0 saturated carbocycles. The molecule has 0 saturated heterocycles. The van der Waals surface area contributed by atoms with Crippen molar-refractivity contribution in [3.8, 4) is 0 Å². The van der Waals surface area contributed by atoms with E-state index < -0.39 is 0 Å². The molecule has 0 amide bonds. The Morgan fingerprint density at radius 2 is 1.95 bits per heavy atom. The van der Waals surface area contributed by atoms with E-state index in [4.69, 9.17) is 4.42 Å². The summed E-state index contributed by atoms with van der Waals surface area (Å²) in [5.74, 6) is 1.55. The number of ketones is 1. The van der Waals surface area contributed by atoms with Gasteiger partial charge in [0.05, 0.1) is 5.56 Å².